The van der Waals surface area contributed by atoms with Gasteiger partial charge in [-0.3, -0.25) is 0 Å². The van der Waals surface area contributed by atoms with Gasteiger partial charge in [0.15, 0.2) is 0 Å². The molecule has 0 saturated carbocycles. The van der Waals surface area contributed by atoms with Gasteiger partial charge in [0.05, 0.1) is 5.60 Å². The molecule has 1 saturated heterocycles. The van der Waals surface area contributed by atoms with Gasteiger partial charge < -0.3 is 15.2 Å². The van der Waals surface area contributed by atoms with Crippen LogP contribution in [0.3, 0.4) is 0 Å². The van der Waals surface area contributed by atoms with Crippen LogP contribution in [-0.2, 0) is 9.53 Å². The Hall–Kier alpha value is -1.03. The fraction of sp³-hybridized carbons (Fsp3) is 0.750. The summed E-state index contributed by atoms with van der Waals surface area (Å²) in [6, 6.07) is 0.323. The van der Waals surface area contributed by atoms with Crippen molar-refractivity contribution in [1.82, 2.24) is 5.32 Å². The third-order valence-electron chi connectivity index (χ3n) is 3.34. The Morgan fingerprint density at radius 2 is 2.25 bits per heavy atom. The topological polar surface area (TPSA) is 58.6 Å². The number of aliphatic carboxylic acids is 1. The summed E-state index contributed by atoms with van der Waals surface area (Å²) in [7, 11) is 0. The SMILES string of the molecule is CCC1(CC)CC(N/C=C/C(=O)O)CCO1. The summed E-state index contributed by atoms with van der Waals surface area (Å²) >= 11 is 0. The minimum Gasteiger partial charge on any atom is -0.478 e. The highest BCUT2D eigenvalue weighted by Crippen LogP contribution is 2.31. The van der Waals surface area contributed by atoms with Gasteiger partial charge in [-0.2, -0.15) is 0 Å². The van der Waals surface area contributed by atoms with Crippen LogP contribution in [0.15, 0.2) is 12.3 Å². The van der Waals surface area contributed by atoms with E-state index in [4.69, 9.17) is 9.84 Å². The first-order chi connectivity index (χ1) is 7.62. The van der Waals surface area contributed by atoms with E-state index in [1.807, 2.05) is 0 Å². The second kappa shape index (κ2) is 5.89. The minimum atomic E-state index is -0.920. The van der Waals surface area contributed by atoms with Crippen molar-refractivity contribution in [2.45, 2.75) is 51.2 Å². The predicted molar refractivity (Wildman–Crippen MR) is 62.2 cm³/mol. The van der Waals surface area contributed by atoms with Gasteiger partial charge in [-0.1, -0.05) is 13.8 Å². The van der Waals surface area contributed by atoms with E-state index in [1.54, 1.807) is 0 Å². The molecule has 1 heterocycles. The molecular weight excluding hydrogens is 206 g/mol. The Labute approximate surface area is 96.7 Å². The fourth-order valence-electron chi connectivity index (χ4n) is 2.17. The minimum absolute atomic E-state index is 0.0209. The lowest BCUT2D eigenvalue weighted by atomic mass is 9.86. The van der Waals surface area contributed by atoms with Crippen molar-refractivity contribution in [2.24, 2.45) is 0 Å². The number of hydrogen-bond acceptors (Lipinski definition) is 3. The van der Waals surface area contributed by atoms with Crippen LogP contribution >= 0.6 is 0 Å². The molecule has 0 bridgehead atoms. The van der Waals surface area contributed by atoms with Gasteiger partial charge in [-0.05, 0) is 25.7 Å². The summed E-state index contributed by atoms with van der Waals surface area (Å²) in [6.45, 7) is 5.03. The molecule has 4 nitrogen and oxygen atoms in total. The van der Waals surface area contributed by atoms with Crippen molar-refractivity contribution >= 4 is 5.97 Å². The molecule has 1 unspecified atom stereocenters. The third kappa shape index (κ3) is 3.52. The Balaban J connectivity index is 2.47. The number of carbonyl (C=O) groups is 1. The molecule has 0 aliphatic carbocycles. The molecule has 0 aromatic rings. The Bertz CT molecular complexity index is 259. The highest BCUT2D eigenvalue weighted by atomic mass is 16.5. The molecule has 0 aromatic heterocycles. The number of carboxylic acids is 1. The smallest absolute Gasteiger partial charge is 0.329 e. The second-order valence-corrected chi connectivity index (χ2v) is 4.27. The van der Waals surface area contributed by atoms with Crippen LogP contribution in [0.25, 0.3) is 0 Å². The van der Waals surface area contributed by atoms with Gasteiger partial charge >= 0.3 is 5.97 Å². The van der Waals surface area contributed by atoms with E-state index >= 15 is 0 Å². The molecule has 1 rings (SSSR count). The van der Waals surface area contributed by atoms with Crippen molar-refractivity contribution in [3.8, 4) is 0 Å². The van der Waals surface area contributed by atoms with Gasteiger partial charge in [0.1, 0.15) is 0 Å². The van der Waals surface area contributed by atoms with E-state index in [1.165, 1.54) is 6.20 Å². The van der Waals surface area contributed by atoms with Crippen molar-refractivity contribution in [3.63, 3.8) is 0 Å². The zero-order valence-corrected chi connectivity index (χ0v) is 10.0. The van der Waals surface area contributed by atoms with Crippen molar-refractivity contribution in [1.29, 1.82) is 0 Å². The largest absolute Gasteiger partial charge is 0.478 e. The summed E-state index contributed by atoms with van der Waals surface area (Å²) in [6.07, 6.45) is 6.55. The molecule has 0 amide bonds. The average Bonchev–Trinajstić information content (AvgIpc) is 2.29. The monoisotopic (exact) mass is 227 g/mol. The Morgan fingerprint density at radius 1 is 1.56 bits per heavy atom. The molecule has 0 aromatic carbocycles. The summed E-state index contributed by atoms with van der Waals surface area (Å²) in [4.78, 5) is 10.3. The number of ether oxygens (including phenoxy) is 1. The number of nitrogens with one attached hydrogen (secondary N) is 1. The molecule has 1 aliphatic heterocycles. The van der Waals surface area contributed by atoms with Crippen LogP contribution < -0.4 is 5.32 Å². The highest BCUT2D eigenvalue weighted by Gasteiger charge is 2.33. The maximum atomic E-state index is 10.3. The lowest BCUT2D eigenvalue weighted by Gasteiger charge is -2.40. The molecule has 0 spiro atoms. The molecule has 1 aliphatic rings. The number of carboxylic acid groups (broad SMARTS) is 1. The maximum absolute atomic E-state index is 10.3. The van der Waals surface area contributed by atoms with E-state index < -0.39 is 5.97 Å². The van der Waals surface area contributed by atoms with Gasteiger partial charge in [0.25, 0.3) is 0 Å². The highest BCUT2D eigenvalue weighted by molar-refractivity contribution is 5.79. The van der Waals surface area contributed by atoms with Gasteiger partial charge in [0.2, 0.25) is 0 Å². The summed E-state index contributed by atoms with van der Waals surface area (Å²) in [5, 5.41) is 11.6. The fourth-order valence-corrected chi connectivity index (χ4v) is 2.17. The van der Waals surface area contributed by atoms with Crippen LogP contribution in [0.5, 0.6) is 0 Å². The third-order valence-corrected chi connectivity index (χ3v) is 3.34. The van der Waals surface area contributed by atoms with Crippen LogP contribution in [0.4, 0.5) is 0 Å². The van der Waals surface area contributed by atoms with Crippen molar-refractivity contribution in [2.75, 3.05) is 6.61 Å². The first-order valence-electron chi connectivity index (χ1n) is 5.91. The normalized spacial score (nSPS) is 24.5. The van der Waals surface area contributed by atoms with Crippen LogP contribution in [0.1, 0.15) is 39.5 Å². The first-order valence-corrected chi connectivity index (χ1v) is 5.91. The molecule has 1 fully saturated rings. The average molecular weight is 227 g/mol. The van der Waals surface area contributed by atoms with Crippen LogP contribution in [-0.4, -0.2) is 29.3 Å². The molecule has 0 radical (unpaired) electrons. The van der Waals surface area contributed by atoms with E-state index in [0.29, 0.717) is 6.04 Å². The zero-order chi connectivity index (χ0) is 12.0. The van der Waals surface area contributed by atoms with Gasteiger partial charge in [0, 0.05) is 24.9 Å². The van der Waals surface area contributed by atoms with E-state index in [9.17, 15) is 4.79 Å². The molecule has 16 heavy (non-hydrogen) atoms. The number of hydrogen-bond donors (Lipinski definition) is 2. The summed E-state index contributed by atoms with van der Waals surface area (Å²) in [5.41, 5.74) is -0.0209. The molecule has 1 atom stereocenters. The molecule has 4 heteroatoms. The molecule has 2 N–H and O–H groups in total. The van der Waals surface area contributed by atoms with Crippen molar-refractivity contribution < 1.29 is 14.6 Å². The lowest BCUT2D eigenvalue weighted by molar-refractivity contribution is -0.131. The number of rotatable bonds is 5. The van der Waals surface area contributed by atoms with Gasteiger partial charge in [-0.15, -0.1) is 0 Å². The first kappa shape index (κ1) is 13.0. The molecule has 92 valence electrons. The summed E-state index contributed by atoms with van der Waals surface area (Å²) < 4.78 is 5.84. The van der Waals surface area contributed by atoms with Crippen LogP contribution in [0, 0.1) is 0 Å². The Kier molecular flexibility index (Phi) is 4.80. The van der Waals surface area contributed by atoms with E-state index in [2.05, 4.69) is 19.2 Å². The Morgan fingerprint density at radius 3 is 2.81 bits per heavy atom. The standard InChI is InChI=1S/C12H21NO3/c1-3-12(4-2)9-10(6-8-16-12)13-7-5-11(14)15/h5,7,10,13H,3-4,6,8-9H2,1-2H3,(H,14,15)/b7-5+. The lowest BCUT2D eigenvalue weighted by Crippen LogP contribution is -2.45. The maximum Gasteiger partial charge on any atom is 0.329 e. The summed E-state index contributed by atoms with van der Waals surface area (Å²) in [5.74, 6) is -0.920. The quantitative estimate of drug-likeness (QED) is 0.704. The van der Waals surface area contributed by atoms with Crippen LogP contribution in [0.2, 0.25) is 0 Å². The molecular formula is C12H21NO3. The van der Waals surface area contributed by atoms with Crippen molar-refractivity contribution in [3.05, 3.63) is 12.3 Å². The predicted octanol–water partition coefficient (Wildman–Crippen LogP) is 1.91. The van der Waals surface area contributed by atoms with Gasteiger partial charge in [-0.25, -0.2) is 4.79 Å². The van der Waals surface area contributed by atoms with E-state index in [0.717, 1.165) is 38.4 Å². The second-order valence-electron chi connectivity index (χ2n) is 4.27. The van der Waals surface area contributed by atoms with E-state index in [-0.39, 0.29) is 5.60 Å². The zero-order valence-electron chi connectivity index (χ0n) is 10.0.